The molecule has 0 fully saturated rings. The lowest BCUT2D eigenvalue weighted by Gasteiger charge is -2.08. The summed E-state index contributed by atoms with van der Waals surface area (Å²) in [6.07, 6.45) is 125. The SMILES string of the molecule is CCCCCCCC/C=C\CCCCCCCC(=O)O.CCCCCCCC/C=C\CCCCCCCC(=O)O.CCCCCCCC/C=C\CCCCCCCC(=O)O.CCCCCCCC/C=C\CCCCCCCC(=O)O.CCCCCCCC/C=C\CCCCCCCC(=O)O.CCCCCCCCCCCCCCCCCC(=O)OCC(O)CO. The third-order valence-corrected chi connectivity index (χ3v) is 22.9. The summed E-state index contributed by atoms with van der Waals surface area (Å²) in [6, 6.07) is 0. The van der Waals surface area contributed by atoms with E-state index in [9.17, 15) is 28.8 Å². The van der Waals surface area contributed by atoms with Crippen LogP contribution >= 0.6 is 0 Å². The highest BCUT2D eigenvalue weighted by atomic mass is 16.5. The second kappa shape index (κ2) is 126. The molecule has 0 aliphatic rings. The molecule has 14 heteroatoms. The maximum absolute atomic E-state index is 11.4. The quantitative estimate of drug-likeness (QED) is 0.0170. The van der Waals surface area contributed by atoms with E-state index in [2.05, 4.69) is 102 Å². The largest absolute Gasteiger partial charge is 0.481 e. The molecule has 1 unspecified atom stereocenters. The number of esters is 1. The average Bonchev–Trinajstić information content (AvgIpc) is 1.02. The molecule has 0 amide bonds. The highest BCUT2D eigenvalue weighted by molar-refractivity contribution is 5.69. The summed E-state index contributed by atoms with van der Waals surface area (Å²) in [5.74, 6) is -3.60. The molecule has 0 saturated heterocycles. The fourth-order valence-electron chi connectivity index (χ4n) is 14.7. The maximum Gasteiger partial charge on any atom is 0.305 e. The van der Waals surface area contributed by atoms with Crippen molar-refractivity contribution in [3.8, 4) is 0 Å². The van der Waals surface area contributed by atoms with E-state index < -0.39 is 36.0 Å². The van der Waals surface area contributed by atoms with Crippen molar-refractivity contribution in [2.75, 3.05) is 13.2 Å². The number of aliphatic hydroxyl groups is 2. The van der Waals surface area contributed by atoms with Crippen LogP contribution in [0.3, 0.4) is 0 Å². The number of aliphatic hydroxyl groups excluding tert-OH is 2. The zero-order valence-electron chi connectivity index (χ0n) is 83.6. The van der Waals surface area contributed by atoms with Gasteiger partial charge in [0.25, 0.3) is 0 Å². The van der Waals surface area contributed by atoms with Crippen molar-refractivity contribution in [1.29, 1.82) is 0 Å². The Morgan fingerprint density at radius 2 is 0.312 bits per heavy atom. The summed E-state index contributed by atoms with van der Waals surface area (Å²) in [6.45, 7) is 13.1. The average molecular weight is 1770 g/mol. The van der Waals surface area contributed by atoms with Crippen LogP contribution in [-0.2, 0) is 33.5 Å². The van der Waals surface area contributed by atoms with Gasteiger partial charge in [0.05, 0.1) is 6.61 Å². The van der Waals surface area contributed by atoms with Gasteiger partial charge in [-0.15, -0.1) is 0 Å². The van der Waals surface area contributed by atoms with Gasteiger partial charge in [0.2, 0.25) is 0 Å². The Morgan fingerprint density at radius 3 is 0.440 bits per heavy atom. The number of unbranched alkanes of at least 4 members (excludes halogenated alkanes) is 69. The van der Waals surface area contributed by atoms with Crippen molar-refractivity contribution in [2.24, 2.45) is 0 Å². The van der Waals surface area contributed by atoms with Crippen molar-refractivity contribution in [2.45, 2.75) is 600 Å². The molecule has 0 aromatic carbocycles. The molecule has 0 heterocycles. The lowest BCUT2D eigenvalue weighted by molar-refractivity contribution is -0.147. The number of ether oxygens (including phenoxy) is 1. The molecular formula is C111H212O14. The highest BCUT2D eigenvalue weighted by Gasteiger charge is 2.09. The van der Waals surface area contributed by atoms with E-state index in [0.29, 0.717) is 38.5 Å². The van der Waals surface area contributed by atoms with Gasteiger partial charge in [0.1, 0.15) is 12.7 Å². The molecule has 14 nitrogen and oxygen atoms in total. The minimum atomic E-state index is -0.954. The van der Waals surface area contributed by atoms with Crippen molar-refractivity contribution >= 4 is 35.8 Å². The van der Waals surface area contributed by atoms with Crippen LogP contribution in [0, 0.1) is 0 Å². The second-order valence-corrected chi connectivity index (χ2v) is 35.9. The molecule has 740 valence electrons. The summed E-state index contributed by atoms with van der Waals surface area (Å²) in [5.41, 5.74) is 0. The van der Waals surface area contributed by atoms with E-state index in [0.717, 1.165) is 77.0 Å². The first kappa shape index (κ1) is 131. The Morgan fingerprint density at radius 1 is 0.192 bits per heavy atom. The summed E-state index contributed by atoms with van der Waals surface area (Å²) >= 11 is 0. The normalized spacial score (nSPS) is 11.5. The fourth-order valence-corrected chi connectivity index (χ4v) is 14.7. The Kier molecular flexibility index (Phi) is 132. The molecule has 0 spiro atoms. The number of carbonyl (C=O) groups is 6. The molecule has 0 aliphatic carbocycles. The number of aliphatic carboxylic acids is 5. The van der Waals surface area contributed by atoms with Crippen molar-refractivity contribution in [1.82, 2.24) is 0 Å². The number of carboxylic acids is 5. The Hall–Kier alpha value is -4.56. The molecular weight excluding hydrogens is 1560 g/mol. The van der Waals surface area contributed by atoms with Crippen molar-refractivity contribution in [3.05, 3.63) is 60.8 Å². The van der Waals surface area contributed by atoms with E-state index in [4.69, 9.17) is 40.5 Å². The van der Waals surface area contributed by atoms with Gasteiger partial charge in [-0.1, -0.05) is 449 Å². The third-order valence-electron chi connectivity index (χ3n) is 22.9. The summed E-state index contributed by atoms with van der Waals surface area (Å²) < 4.78 is 4.86. The topological polar surface area (TPSA) is 253 Å². The van der Waals surface area contributed by atoms with Gasteiger partial charge in [0, 0.05) is 38.5 Å². The fraction of sp³-hybridized carbons (Fsp3) is 0.856. The van der Waals surface area contributed by atoms with Crippen molar-refractivity contribution in [3.63, 3.8) is 0 Å². The number of rotatable bonds is 94. The standard InChI is InChI=1S/C21H42O4.5C18H34O2/c1-2-3-4-5-6-7-8-9-10-11-12-13-14-15-16-17-21(24)25-19-20(23)18-22;5*1-2-3-4-5-6-7-8-9-10-11-12-13-14-15-16-17-18(19)20/h20,22-23H,2-19H2,1H3;5*9-10H,2-8,11-17H2,1H3,(H,19,20)/b;5*10-9-. The summed E-state index contributed by atoms with van der Waals surface area (Å²) in [7, 11) is 0. The first-order valence-corrected chi connectivity index (χ1v) is 53.8. The van der Waals surface area contributed by atoms with Gasteiger partial charge in [-0.3, -0.25) is 28.8 Å². The molecule has 0 aromatic rings. The minimum absolute atomic E-state index is 0.103. The van der Waals surface area contributed by atoms with Gasteiger partial charge in [-0.2, -0.15) is 0 Å². The third kappa shape index (κ3) is 151. The van der Waals surface area contributed by atoms with Crippen LogP contribution < -0.4 is 0 Å². The van der Waals surface area contributed by atoms with Crippen LogP contribution in [0.25, 0.3) is 0 Å². The van der Waals surface area contributed by atoms with Crippen LogP contribution in [0.15, 0.2) is 60.8 Å². The number of carboxylic acid groups (broad SMARTS) is 5. The number of carbonyl (C=O) groups excluding carboxylic acids is 1. The highest BCUT2D eigenvalue weighted by Crippen LogP contribution is 2.19. The van der Waals surface area contributed by atoms with Crippen LogP contribution in [0.5, 0.6) is 0 Å². The number of hydrogen-bond donors (Lipinski definition) is 7. The molecule has 0 aliphatic heterocycles. The van der Waals surface area contributed by atoms with Crippen LogP contribution in [-0.4, -0.2) is 90.9 Å². The molecule has 0 bridgehead atoms. The molecule has 0 saturated carbocycles. The van der Waals surface area contributed by atoms with Gasteiger partial charge >= 0.3 is 35.8 Å². The van der Waals surface area contributed by atoms with E-state index in [-0.39, 0.29) is 19.2 Å². The smallest absolute Gasteiger partial charge is 0.305 e. The lowest BCUT2D eigenvalue weighted by atomic mass is 10.0. The molecule has 7 N–H and O–H groups in total. The Balaban J connectivity index is -0.000000341. The lowest BCUT2D eigenvalue weighted by Crippen LogP contribution is -2.21. The zero-order chi connectivity index (χ0) is 93.0. The van der Waals surface area contributed by atoms with E-state index in [1.165, 1.54) is 437 Å². The van der Waals surface area contributed by atoms with Crippen LogP contribution in [0.4, 0.5) is 0 Å². The van der Waals surface area contributed by atoms with E-state index in [1.54, 1.807) is 0 Å². The van der Waals surface area contributed by atoms with E-state index in [1.807, 2.05) is 0 Å². The predicted octanol–water partition coefficient (Wildman–Crippen LogP) is 35.7. The zero-order valence-corrected chi connectivity index (χ0v) is 83.6. The first-order chi connectivity index (χ1) is 61.1. The maximum atomic E-state index is 11.4. The second-order valence-electron chi connectivity index (χ2n) is 35.9. The molecule has 125 heavy (non-hydrogen) atoms. The summed E-state index contributed by atoms with van der Waals surface area (Å²) in [4.78, 5) is 63.0. The van der Waals surface area contributed by atoms with Gasteiger partial charge in [-0.05, 0) is 167 Å². The molecule has 0 rings (SSSR count). The van der Waals surface area contributed by atoms with Gasteiger partial charge < -0.3 is 40.5 Å². The molecule has 1 atom stereocenters. The molecule has 0 aromatic heterocycles. The summed E-state index contributed by atoms with van der Waals surface area (Å²) in [5, 5.41) is 60.2. The monoisotopic (exact) mass is 1770 g/mol. The number of hydrogen-bond acceptors (Lipinski definition) is 9. The molecule has 0 radical (unpaired) electrons. The Labute approximate surface area is 774 Å². The van der Waals surface area contributed by atoms with Crippen molar-refractivity contribution < 1.29 is 69.2 Å². The first-order valence-electron chi connectivity index (χ1n) is 53.8. The Bertz CT molecular complexity index is 1950. The predicted molar refractivity (Wildman–Crippen MR) is 539 cm³/mol. The van der Waals surface area contributed by atoms with E-state index >= 15 is 0 Å². The van der Waals surface area contributed by atoms with Crippen LogP contribution in [0.1, 0.15) is 594 Å². The number of allylic oxidation sites excluding steroid dienone is 10. The van der Waals surface area contributed by atoms with Gasteiger partial charge in [0.15, 0.2) is 0 Å². The van der Waals surface area contributed by atoms with Gasteiger partial charge in [-0.25, -0.2) is 0 Å². The van der Waals surface area contributed by atoms with Crippen LogP contribution in [0.2, 0.25) is 0 Å². The minimum Gasteiger partial charge on any atom is -0.481 e.